The molecule has 0 unspecified atom stereocenters. The summed E-state index contributed by atoms with van der Waals surface area (Å²) in [5.74, 6) is -0.0359. The van der Waals surface area contributed by atoms with E-state index in [0.717, 1.165) is 22.3 Å². The van der Waals surface area contributed by atoms with Gasteiger partial charge in [-0.1, -0.05) is 60.7 Å². The summed E-state index contributed by atoms with van der Waals surface area (Å²) in [7, 11) is 0. The molecule has 38 heavy (non-hydrogen) atoms. The SMILES string of the molecule is O=C(O)c1cccc(Oc2cccc(-c3ccc(Oc4cccc(C(=O)O)c4)c(-c4ccccc4)c3)c2)c1. The highest BCUT2D eigenvalue weighted by Gasteiger charge is 2.13. The number of rotatable bonds is 8. The normalized spacial score (nSPS) is 10.5. The van der Waals surface area contributed by atoms with Gasteiger partial charge in [0.15, 0.2) is 0 Å². The van der Waals surface area contributed by atoms with Gasteiger partial charge < -0.3 is 19.7 Å². The first-order chi connectivity index (χ1) is 18.5. The first-order valence-corrected chi connectivity index (χ1v) is 11.8. The predicted molar refractivity (Wildman–Crippen MR) is 144 cm³/mol. The molecule has 0 atom stereocenters. The van der Waals surface area contributed by atoms with E-state index in [2.05, 4.69) is 0 Å². The third kappa shape index (κ3) is 5.55. The summed E-state index contributed by atoms with van der Waals surface area (Å²) < 4.78 is 12.1. The zero-order chi connectivity index (χ0) is 26.5. The van der Waals surface area contributed by atoms with Crippen molar-refractivity contribution in [3.8, 4) is 45.3 Å². The van der Waals surface area contributed by atoms with Gasteiger partial charge in [0.25, 0.3) is 0 Å². The summed E-state index contributed by atoms with van der Waals surface area (Å²) >= 11 is 0. The summed E-state index contributed by atoms with van der Waals surface area (Å²) in [6.45, 7) is 0. The zero-order valence-corrected chi connectivity index (χ0v) is 20.1. The van der Waals surface area contributed by atoms with E-state index in [9.17, 15) is 19.8 Å². The summed E-state index contributed by atoms with van der Waals surface area (Å²) in [5.41, 5.74) is 3.89. The zero-order valence-electron chi connectivity index (χ0n) is 20.1. The van der Waals surface area contributed by atoms with Crippen LogP contribution in [0.25, 0.3) is 22.3 Å². The molecule has 0 aliphatic heterocycles. The van der Waals surface area contributed by atoms with Crippen LogP contribution in [0.2, 0.25) is 0 Å². The molecule has 0 fully saturated rings. The fourth-order valence-electron chi connectivity index (χ4n) is 4.03. The van der Waals surface area contributed by atoms with Crippen LogP contribution < -0.4 is 9.47 Å². The fraction of sp³-hybridized carbons (Fsp3) is 0. The molecule has 5 aromatic carbocycles. The summed E-state index contributed by atoms with van der Waals surface area (Å²) in [6, 6.07) is 35.8. The Hall–Kier alpha value is -5.36. The van der Waals surface area contributed by atoms with E-state index in [0.29, 0.717) is 23.0 Å². The molecule has 186 valence electrons. The number of ether oxygens (including phenoxy) is 2. The molecule has 5 aromatic rings. The Kier molecular flexibility index (Phi) is 6.87. The van der Waals surface area contributed by atoms with Crippen molar-refractivity contribution in [2.75, 3.05) is 0 Å². The number of carboxylic acid groups (broad SMARTS) is 2. The number of carboxylic acids is 2. The Labute approximate surface area is 219 Å². The van der Waals surface area contributed by atoms with Gasteiger partial charge in [0.1, 0.15) is 23.0 Å². The molecule has 6 heteroatoms. The number of hydrogen-bond donors (Lipinski definition) is 2. The molecule has 2 N–H and O–H groups in total. The molecule has 0 saturated heterocycles. The Morgan fingerprint density at radius 2 is 1.00 bits per heavy atom. The monoisotopic (exact) mass is 502 g/mol. The molecule has 0 amide bonds. The number of hydrogen-bond acceptors (Lipinski definition) is 4. The number of benzene rings is 5. The minimum absolute atomic E-state index is 0.145. The maximum absolute atomic E-state index is 11.4. The van der Waals surface area contributed by atoms with E-state index < -0.39 is 11.9 Å². The summed E-state index contributed by atoms with van der Waals surface area (Å²) in [5, 5.41) is 18.6. The van der Waals surface area contributed by atoms with Gasteiger partial charge in [-0.25, -0.2) is 9.59 Å². The molecule has 0 aliphatic carbocycles. The van der Waals surface area contributed by atoms with Crippen LogP contribution in [0.1, 0.15) is 20.7 Å². The Bertz CT molecular complexity index is 1620. The quantitative estimate of drug-likeness (QED) is 0.223. The minimum atomic E-state index is -1.02. The largest absolute Gasteiger partial charge is 0.478 e. The van der Waals surface area contributed by atoms with E-state index in [1.54, 1.807) is 24.3 Å². The molecular formula is C32H22O6. The van der Waals surface area contributed by atoms with Crippen LogP contribution in [0, 0.1) is 0 Å². The van der Waals surface area contributed by atoms with Crippen molar-refractivity contribution in [1.29, 1.82) is 0 Å². The van der Waals surface area contributed by atoms with Crippen molar-refractivity contribution in [2.45, 2.75) is 0 Å². The molecule has 0 aliphatic rings. The molecule has 0 bridgehead atoms. The van der Waals surface area contributed by atoms with Crippen molar-refractivity contribution in [3.63, 3.8) is 0 Å². The van der Waals surface area contributed by atoms with Gasteiger partial charge in [0, 0.05) is 5.56 Å². The van der Waals surface area contributed by atoms with Crippen molar-refractivity contribution in [1.82, 2.24) is 0 Å². The van der Waals surface area contributed by atoms with Crippen LogP contribution in [0.15, 0.2) is 121 Å². The third-order valence-corrected chi connectivity index (χ3v) is 5.86. The topological polar surface area (TPSA) is 93.1 Å². The maximum Gasteiger partial charge on any atom is 0.335 e. The molecule has 0 aromatic heterocycles. The van der Waals surface area contributed by atoms with Crippen LogP contribution >= 0.6 is 0 Å². The highest BCUT2D eigenvalue weighted by Crippen LogP contribution is 2.38. The molecule has 6 nitrogen and oxygen atoms in total. The predicted octanol–water partition coefficient (Wildman–Crippen LogP) is 8.00. The van der Waals surface area contributed by atoms with E-state index in [-0.39, 0.29) is 11.1 Å². The van der Waals surface area contributed by atoms with Gasteiger partial charge in [0.2, 0.25) is 0 Å². The number of aromatic carboxylic acids is 2. The van der Waals surface area contributed by atoms with Gasteiger partial charge in [-0.2, -0.15) is 0 Å². The van der Waals surface area contributed by atoms with Crippen LogP contribution in [-0.4, -0.2) is 22.2 Å². The molecule has 0 radical (unpaired) electrons. The molecule has 0 saturated carbocycles. The maximum atomic E-state index is 11.4. The highest BCUT2D eigenvalue weighted by molar-refractivity contribution is 5.88. The van der Waals surface area contributed by atoms with E-state index >= 15 is 0 Å². The number of carbonyl (C=O) groups is 2. The van der Waals surface area contributed by atoms with Crippen LogP contribution in [-0.2, 0) is 0 Å². The molecule has 0 heterocycles. The highest BCUT2D eigenvalue weighted by atomic mass is 16.5. The third-order valence-electron chi connectivity index (χ3n) is 5.86. The first kappa shape index (κ1) is 24.3. The second-order valence-electron chi connectivity index (χ2n) is 8.47. The van der Waals surface area contributed by atoms with Gasteiger partial charge in [0.05, 0.1) is 11.1 Å². The lowest BCUT2D eigenvalue weighted by molar-refractivity contribution is 0.0686. The average molecular weight is 503 g/mol. The lowest BCUT2D eigenvalue weighted by Gasteiger charge is -2.15. The first-order valence-electron chi connectivity index (χ1n) is 11.8. The van der Waals surface area contributed by atoms with Gasteiger partial charge >= 0.3 is 11.9 Å². The second kappa shape index (κ2) is 10.7. The smallest absolute Gasteiger partial charge is 0.335 e. The van der Waals surface area contributed by atoms with Crippen molar-refractivity contribution >= 4 is 11.9 Å². The molecular weight excluding hydrogens is 480 g/mol. The van der Waals surface area contributed by atoms with E-state index in [4.69, 9.17) is 9.47 Å². The average Bonchev–Trinajstić information content (AvgIpc) is 2.94. The second-order valence-corrected chi connectivity index (χ2v) is 8.47. The van der Waals surface area contributed by atoms with Gasteiger partial charge in [-0.05, 0) is 77.4 Å². The van der Waals surface area contributed by atoms with Crippen LogP contribution in [0.5, 0.6) is 23.0 Å². The van der Waals surface area contributed by atoms with E-state index in [1.807, 2.05) is 72.8 Å². The van der Waals surface area contributed by atoms with Crippen molar-refractivity contribution in [3.05, 3.63) is 132 Å². The van der Waals surface area contributed by atoms with Crippen LogP contribution in [0.4, 0.5) is 0 Å². The Morgan fingerprint density at radius 3 is 1.63 bits per heavy atom. The van der Waals surface area contributed by atoms with Crippen molar-refractivity contribution in [2.24, 2.45) is 0 Å². The lowest BCUT2D eigenvalue weighted by atomic mass is 9.98. The minimum Gasteiger partial charge on any atom is -0.478 e. The van der Waals surface area contributed by atoms with Gasteiger partial charge in [-0.3, -0.25) is 0 Å². The Balaban J connectivity index is 1.49. The van der Waals surface area contributed by atoms with Crippen molar-refractivity contribution < 1.29 is 29.3 Å². The molecule has 0 spiro atoms. The lowest BCUT2D eigenvalue weighted by Crippen LogP contribution is -1.96. The standard InChI is InChI=1S/C32H22O6/c33-31(34)24-10-5-13-27(18-24)37-26-12-4-9-22(17-26)23-15-16-30(29(20-23)21-7-2-1-3-8-21)38-28-14-6-11-25(19-28)32(35)36/h1-20H,(H,33,34)(H,35,36). The van der Waals surface area contributed by atoms with Crippen LogP contribution in [0.3, 0.4) is 0 Å². The fourth-order valence-corrected chi connectivity index (χ4v) is 4.03. The molecule has 5 rings (SSSR count). The summed E-state index contributed by atoms with van der Waals surface area (Å²) in [6.07, 6.45) is 0. The van der Waals surface area contributed by atoms with Gasteiger partial charge in [-0.15, -0.1) is 0 Å². The van der Waals surface area contributed by atoms with E-state index in [1.165, 1.54) is 24.3 Å². The summed E-state index contributed by atoms with van der Waals surface area (Å²) in [4.78, 5) is 22.7. The Morgan fingerprint density at radius 1 is 0.474 bits per heavy atom.